The summed E-state index contributed by atoms with van der Waals surface area (Å²) in [4.78, 5) is 28.3. The third kappa shape index (κ3) is 3.85. The molecule has 0 unspecified atom stereocenters. The first-order valence-electron chi connectivity index (χ1n) is 8.96. The van der Waals surface area contributed by atoms with Gasteiger partial charge in [-0.15, -0.1) is 0 Å². The zero-order valence-electron chi connectivity index (χ0n) is 15.0. The molecule has 0 N–H and O–H groups in total. The van der Waals surface area contributed by atoms with E-state index in [1.165, 1.54) is 6.92 Å². The fourth-order valence-electron chi connectivity index (χ4n) is 3.56. The van der Waals surface area contributed by atoms with Crippen LogP contribution in [-0.4, -0.2) is 55.3 Å². The van der Waals surface area contributed by atoms with Crippen molar-refractivity contribution in [3.05, 3.63) is 29.8 Å². The molecule has 0 radical (unpaired) electrons. The van der Waals surface area contributed by atoms with Crippen LogP contribution in [-0.2, 0) is 25.5 Å². The smallest absolute Gasteiger partial charge is 0.242 e. The standard InChI is InChI=1S/C19H26N2O4/c1-3-16-6-4-5-7-17(16)21(15(2)22)14-18(23)20-10-8-19(9-11-20)24-12-13-25-19/h4-7H,3,8-14H2,1-2H3. The van der Waals surface area contributed by atoms with Gasteiger partial charge in [-0.05, 0) is 18.1 Å². The van der Waals surface area contributed by atoms with Gasteiger partial charge in [0.2, 0.25) is 11.8 Å². The molecule has 0 bridgehead atoms. The van der Waals surface area contributed by atoms with E-state index in [2.05, 4.69) is 0 Å². The van der Waals surface area contributed by atoms with Gasteiger partial charge in [0.25, 0.3) is 0 Å². The number of benzene rings is 1. The Bertz CT molecular complexity index is 630. The van der Waals surface area contributed by atoms with Crippen molar-refractivity contribution in [2.75, 3.05) is 37.7 Å². The lowest BCUT2D eigenvalue weighted by Crippen LogP contribution is -2.50. The van der Waals surface area contributed by atoms with E-state index in [-0.39, 0.29) is 18.4 Å². The Morgan fingerprint density at radius 1 is 1.16 bits per heavy atom. The Hall–Kier alpha value is -1.92. The van der Waals surface area contributed by atoms with Gasteiger partial charge in [0.1, 0.15) is 6.54 Å². The summed E-state index contributed by atoms with van der Waals surface area (Å²) in [6.07, 6.45) is 2.18. The van der Waals surface area contributed by atoms with Crippen LogP contribution < -0.4 is 4.90 Å². The highest BCUT2D eigenvalue weighted by Gasteiger charge is 2.41. The predicted octanol–water partition coefficient (Wildman–Crippen LogP) is 1.97. The van der Waals surface area contributed by atoms with Gasteiger partial charge in [-0.3, -0.25) is 9.59 Å². The molecule has 3 rings (SSSR count). The van der Waals surface area contributed by atoms with Crippen molar-refractivity contribution < 1.29 is 19.1 Å². The van der Waals surface area contributed by atoms with Crippen LogP contribution in [0.25, 0.3) is 0 Å². The second-order valence-corrected chi connectivity index (χ2v) is 6.58. The van der Waals surface area contributed by atoms with Crippen LogP contribution >= 0.6 is 0 Å². The molecule has 1 spiro atoms. The fourth-order valence-corrected chi connectivity index (χ4v) is 3.56. The van der Waals surface area contributed by atoms with Gasteiger partial charge in [0.15, 0.2) is 5.79 Å². The highest BCUT2D eigenvalue weighted by molar-refractivity contribution is 5.98. The van der Waals surface area contributed by atoms with Crippen LogP contribution in [0.1, 0.15) is 32.3 Å². The minimum Gasteiger partial charge on any atom is -0.347 e. The van der Waals surface area contributed by atoms with Crippen LogP contribution in [0.3, 0.4) is 0 Å². The number of likely N-dealkylation sites (tertiary alicyclic amines) is 1. The van der Waals surface area contributed by atoms with Gasteiger partial charge in [-0.25, -0.2) is 0 Å². The van der Waals surface area contributed by atoms with Crippen LogP contribution in [0.15, 0.2) is 24.3 Å². The van der Waals surface area contributed by atoms with E-state index in [1.54, 1.807) is 9.80 Å². The molecule has 0 atom stereocenters. The van der Waals surface area contributed by atoms with Gasteiger partial charge >= 0.3 is 0 Å². The van der Waals surface area contributed by atoms with Crippen molar-refractivity contribution in [2.45, 2.75) is 38.9 Å². The zero-order valence-corrected chi connectivity index (χ0v) is 15.0. The van der Waals surface area contributed by atoms with Gasteiger partial charge < -0.3 is 19.3 Å². The summed E-state index contributed by atoms with van der Waals surface area (Å²) in [6, 6.07) is 7.75. The molecule has 136 valence electrons. The minimum atomic E-state index is -0.494. The first kappa shape index (κ1) is 17.9. The molecule has 1 aromatic carbocycles. The lowest BCUT2D eigenvalue weighted by molar-refractivity contribution is -0.187. The average molecular weight is 346 g/mol. The highest BCUT2D eigenvalue weighted by atomic mass is 16.7. The lowest BCUT2D eigenvalue weighted by atomic mass is 10.0. The summed E-state index contributed by atoms with van der Waals surface area (Å²) in [5.74, 6) is -0.648. The number of piperidine rings is 1. The molecule has 2 amide bonds. The topological polar surface area (TPSA) is 59.1 Å². The minimum absolute atomic E-state index is 0.0334. The number of aryl methyl sites for hydroxylation is 1. The van der Waals surface area contributed by atoms with Gasteiger partial charge in [-0.2, -0.15) is 0 Å². The third-order valence-corrected chi connectivity index (χ3v) is 5.03. The van der Waals surface area contributed by atoms with E-state index in [0.29, 0.717) is 39.1 Å². The van der Waals surface area contributed by atoms with Gasteiger partial charge in [0, 0.05) is 38.5 Å². The fraction of sp³-hybridized carbons (Fsp3) is 0.579. The van der Waals surface area contributed by atoms with E-state index < -0.39 is 5.79 Å². The molecule has 0 saturated carbocycles. The van der Waals surface area contributed by atoms with Crippen LogP contribution in [0.2, 0.25) is 0 Å². The van der Waals surface area contributed by atoms with Gasteiger partial charge in [0.05, 0.1) is 13.2 Å². The Balaban J connectivity index is 1.66. The van der Waals surface area contributed by atoms with Crippen molar-refractivity contribution in [3.63, 3.8) is 0 Å². The summed E-state index contributed by atoms with van der Waals surface area (Å²) in [7, 11) is 0. The molecule has 2 heterocycles. The normalized spacial score (nSPS) is 19.2. The average Bonchev–Trinajstić information content (AvgIpc) is 3.08. The van der Waals surface area contributed by atoms with Gasteiger partial charge in [-0.1, -0.05) is 25.1 Å². The number of carbonyl (C=O) groups excluding carboxylic acids is 2. The van der Waals surface area contributed by atoms with E-state index in [4.69, 9.17) is 9.47 Å². The zero-order chi connectivity index (χ0) is 17.9. The maximum Gasteiger partial charge on any atom is 0.242 e. The molecular weight excluding hydrogens is 320 g/mol. The Morgan fingerprint density at radius 2 is 1.80 bits per heavy atom. The number of rotatable bonds is 4. The van der Waals surface area contributed by atoms with Crippen LogP contribution in [0, 0.1) is 0 Å². The summed E-state index contributed by atoms with van der Waals surface area (Å²) < 4.78 is 11.4. The lowest BCUT2D eigenvalue weighted by Gasteiger charge is -2.38. The number of hydrogen-bond donors (Lipinski definition) is 0. The molecular formula is C19H26N2O4. The second-order valence-electron chi connectivity index (χ2n) is 6.58. The van der Waals surface area contributed by atoms with E-state index in [0.717, 1.165) is 17.7 Å². The maximum atomic E-state index is 12.7. The molecule has 2 aliphatic heterocycles. The molecule has 2 saturated heterocycles. The van der Waals surface area contributed by atoms with E-state index in [1.807, 2.05) is 31.2 Å². The summed E-state index contributed by atoms with van der Waals surface area (Å²) in [5.41, 5.74) is 1.89. The summed E-state index contributed by atoms with van der Waals surface area (Å²) >= 11 is 0. The SMILES string of the molecule is CCc1ccccc1N(CC(=O)N1CCC2(CC1)OCCO2)C(C)=O. The maximum absolute atomic E-state index is 12.7. The first-order valence-corrected chi connectivity index (χ1v) is 8.96. The summed E-state index contributed by atoms with van der Waals surface area (Å²) in [5, 5.41) is 0. The molecule has 0 aliphatic carbocycles. The molecule has 6 heteroatoms. The van der Waals surface area contributed by atoms with E-state index >= 15 is 0 Å². The van der Waals surface area contributed by atoms with E-state index in [9.17, 15) is 9.59 Å². The predicted molar refractivity (Wildman–Crippen MR) is 94.3 cm³/mol. The Morgan fingerprint density at radius 3 is 2.40 bits per heavy atom. The molecule has 0 aromatic heterocycles. The molecule has 25 heavy (non-hydrogen) atoms. The Labute approximate surface area is 148 Å². The largest absolute Gasteiger partial charge is 0.347 e. The quantitative estimate of drug-likeness (QED) is 0.836. The van der Waals surface area contributed by atoms with Crippen molar-refractivity contribution >= 4 is 17.5 Å². The molecule has 2 fully saturated rings. The number of amides is 2. The third-order valence-electron chi connectivity index (χ3n) is 5.03. The molecule has 1 aromatic rings. The van der Waals surface area contributed by atoms with Crippen LogP contribution in [0.4, 0.5) is 5.69 Å². The molecule has 2 aliphatic rings. The van der Waals surface area contributed by atoms with Crippen molar-refractivity contribution in [2.24, 2.45) is 0 Å². The number of ether oxygens (including phenoxy) is 2. The number of carbonyl (C=O) groups is 2. The highest BCUT2D eigenvalue weighted by Crippen LogP contribution is 2.31. The summed E-state index contributed by atoms with van der Waals surface area (Å²) in [6.45, 7) is 6.07. The molecule has 6 nitrogen and oxygen atoms in total. The van der Waals surface area contributed by atoms with Crippen LogP contribution in [0.5, 0.6) is 0 Å². The monoisotopic (exact) mass is 346 g/mol. The number of para-hydroxylation sites is 1. The van der Waals surface area contributed by atoms with Crippen molar-refractivity contribution in [1.82, 2.24) is 4.90 Å². The number of anilines is 1. The number of hydrogen-bond acceptors (Lipinski definition) is 4. The van der Waals surface area contributed by atoms with Crippen molar-refractivity contribution in [3.8, 4) is 0 Å². The Kier molecular flexibility index (Phi) is 5.39. The second kappa shape index (κ2) is 7.54. The first-order chi connectivity index (χ1) is 12.0. The number of nitrogens with zero attached hydrogens (tertiary/aromatic N) is 2. The van der Waals surface area contributed by atoms with Crippen molar-refractivity contribution in [1.29, 1.82) is 0 Å².